The monoisotopic (exact) mass is 293 g/mol. The number of likely N-dealkylation sites (tertiary alicyclic amines) is 1. The average molecular weight is 293 g/mol. The molecule has 0 aliphatic carbocycles. The van der Waals surface area contributed by atoms with E-state index in [1.165, 1.54) is 18.2 Å². The number of anilines is 1. The Morgan fingerprint density at radius 2 is 2.05 bits per heavy atom. The third-order valence-electron chi connectivity index (χ3n) is 3.69. The molecule has 1 aromatic rings. The highest BCUT2D eigenvalue weighted by molar-refractivity contribution is 5.95. The van der Waals surface area contributed by atoms with E-state index in [0.717, 1.165) is 0 Å². The Kier molecular flexibility index (Phi) is 4.77. The van der Waals surface area contributed by atoms with Gasteiger partial charge in [-0.3, -0.25) is 9.59 Å². The lowest BCUT2D eigenvalue weighted by Gasteiger charge is -2.32. The van der Waals surface area contributed by atoms with Crippen molar-refractivity contribution >= 4 is 17.5 Å². The van der Waals surface area contributed by atoms with Crippen LogP contribution in [0, 0.1) is 5.82 Å². The molecular weight excluding hydrogens is 273 g/mol. The SMILES string of the molecule is CCC(=O)NC1CCN(C(=O)c2cc(N)ccc2F)CC1. The highest BCUT2D eigenvalue weighted by atomic mass is 19.1. The van der Waals surface area contributed by atoms with Crippen LogP contribution >= 0.6 is 0 Å². The van der Waals surface area contributed by atoms with Gasteiger partial charge in [-0.2, -0.15) is 0 Å². The number of piperidine rings is 1. The summed E-state index contributed by atoms with van der Waals surface area (Å²) in [6.45, 7) is 2.81. The van der Waals surface area contributed by atoms with Crippen LogP contribution in [-0.4, -0.2) is 35.8 Å². The van der Waals surface area contributed by atoms with Crippen LogP contribution in [0.3, 0.4) is 0 Å². The molecule has 0 aromatic heterocycles. The van der Waals surface area contributed by atoms with E-state index in [4.69, 9.17) is 5.73 Å². The van der Waals surface area contributed by atoms with E-state index in [0.29, 0.717) is 38.0 Å². The molecule has 3 N–H and O–H groups in total. The number of halogens is 1. The predicted octanol–water partition coefficient (Wildman–Crippen LogP) is 1.54. The molecule has 1 fully saturated rings. The van der Waals surface area contributed by atoms with Crippen molar-refractivity contribution in [2.45, 2.75) is 32.2 Å². The first-order valence-corrected chi connectivity index (χ1v) is 7.15. The van der Waals surface area contributed by atoms with Gasteiger partial charge >= 0.3 is 0 Å². The number of nitrogens with one attached hydrogen (secondary N) is 1. The third-order valence-corrected chi connectivity index (χ3v) is 3.69. The van der Waals surface area contributed by atoms with Crippen LogP contribution in [0.1, 0.15) is 36.5 Å². The minimum absolute atomic E-state index is 0.00560. The van der Waals surface area contributed by atoms with Gasteiger partial charge in [-0.1, -0.05) is 6.92 Å². The number of amides is 2. The van der Waals surface area contributed by atoms with Crippen molar-refractivity contribution < 1.29 is 14.0 Å². The van der Waals surface area contributed by atoms with Gasteiger partial charge in [0.2, 0.25) is 5.91 Å². The molecule has 114 valence electrons. The van der Waals surface area contributed by atoms with E-state index in [-0.39, 0.29) is 23.4 Å². The molecule has 0 spiro atoms. The normalized spacial score (nSPS) is 15.8. The summed E-state index contributed by atoms with van der Waals surface area (Å²) in [5.74, 6) is -0.891. The third kappa shape index (κ3) is 3.71. The number of carbonyl (C=O) groups excluding carboxylic acids is 2. The molecule has 1 heterocycles. The molecule has 0 unspecified atom stereocenters. The maximum absolute atomic E-state index is 13.7. The van der Waals surface area contributed by atoms with Gasteiger partial charge in [0.1, 0.15) is 5.82 Å². The van der Waals surface area contributed by atoms with Crippen LogP contribution in [0.4, 0.5) is 10.1 Å². The van der Waals surface area contributed by atoms with Gasteiger partial charge in [0.25, 0.3) is 5.91 Å². The Morgan fingerprint density at radius 3 is 2.67 bits per heavy atom. The average Bonchev–Trinajstić information content (AvgIpc) is 2.49. The summed E-state index contributed by atoms with van der Waals surface area (Å²) >= 11 is 0. The number of hydrogen-bond donors (Lipinski definition) is 2. The topological polar surface area (TPSA) is 75.4 Å². The van der Waals surface area contributed by atoms with Gasteiger partial charge in [0, 0.05) is 31.2 Å². The summed E-state index contributed by atoms with van der Waals surface area (Å²) in [6, 6.07) is 4.09. The highest BCUT2D eigenvalue weighted by Crippen LogP contribution is 2.18. The van der Waals surface area contributed by atoms with E-state index in [1.54, 1.807) is 11.8 Å². The maximum atomic E-state index is 13.7. The molecule has 0 atom stereocenters. The number of benzene rings is 1. The number of carbonyl (C=O) groups is 2. The Hall–Kier alpha value is -2.11. The minimum Gasteiger partial charge on any atom is -0.399 e. The predicted molar refractivity (Wildman–Crippen MR) is 78.2 cm³/mol. The zero-order chi connectivity index (χ0) is 15.4. The Bertz CT molecular complexity index is 540. The maximum Gasteiger partial charge on any atom is 0.256 e. The molecular formula is C15H20FN3O2. The second kappa shape index (κ2) is 6.56. The smallest absolute Gasteiger partial charge is 0.256 e. The molecule has 1 aliphatic heterocycles. The molecule has 0 saturated carbocycles. The van der Waals surface area contributed by atoms with Crippen LogP contribution < -0.4 is 11.1 Å². The standard InChI is InChI=1S/C15H20FN3O2/c1-2-14(20)18-11-5-7-19(8-6-11)15(21)12-9-10(17)3-4-13(12)16/h3-4,9,11H,2,5-8,17H2,1H3,(H,18,20). The quantitative estimate of drug-likeness (QED) is 0.830. The number of nitrogens with zero attached hydrogens (tertiary/aromatic N) is 1. The number of nitrogen functional groups attached to an aromatic ring is 1. The van der Waals surface area contributed by atoms with Crippen LogP contribution in [-0.2, 0) is 4.79 Å². The van der Waals surface area contributed by atoms with Crippen molar-refractivity contribution in [2.75, 3.05) is 18.8 Å². The van der Waals surface area contributed by atoms with Crippen molar-refractivity contribution in [3.05, 3.63) is 29.6 Å². The second-order valence-electron chi connectivity index (χ2n) is 5.23. The summed E-state index contributed by atoms with van der Waals surface area (Å²) in [5, 5.41) is 2.92. The molecule has 1 saturated heterocycles. The fraction of sp³-hybridized carbons (Fsp3) is 0.467. The summed E-state index contributed by atoms with van der Waals surface area (Å²) in [7, 11) is 0. The fourth-order valence-corrected chi connectivity index (χ4v) is 2.43. The van der Waals surface area contributed by atoms with E-state index in [9.17, 15) is 14.0 Å². The van der Waals surface area contributed by atoms with Crippen molar-refractivity contribution in [1.29, 1.82) is 0 Å². The molecule has 1 aromatic carbocycles. The first-order chi connectivity index (χ1) is 10.0. The van der Waals surface area contributed by atoms with Gasteiger partial charge in [-0.05, 0) is 31.0 Å². The van der Waals surface area contributed by atoms with E-state index in [1.807, 2.05) is 0 Å². The molecule has 5 nitrogen and oxygen atoms in total. The Morgan fingerprint density at radius 1 is 1.38 bits per heavy atom. The van der Waals surface area contributed by atoms with Gasteiger partial charge in [-0.15, -0.1) is 0 Å². The highest BCUT2D eigenvalue weighted by Gasteiger charge is 2.25. The summed E-state index contributed by atoms with van der Waals surface area (Å²) in [4.78, 5) is 25.2. The van der Waals surface area contributed by atoms with Crippen molar-refractivity contribution in [3.63, 3.8) is 0 Å². The molecule has 6 heteroatoms. The number of nitrogens with two attached hydrogens (primary N) is 1. The molecule has 0 bridgehead atoms. The summed E-state index contributed by atoms with van der Waals surface area (Å²) < 4.78 is 13.7. The lowest BCUT2D eigenvalue weighted by Crippen LogP contribution is -2.46. The Labute approximate surface area is 123 Å². The van der Waals surface area contributed by atoms with Crippen molar-refractivity contribution in [3.8, 4) is 0 Å². The van der Waals surface area contributed by atoms with Crippen molar-refractivity contribution in [1.82, 2.24) is 10.2 Å². The molecule has 1 aliphatic rings. The largest absolute Gasteiger partial charge is 0.399 e. The second-order valence-corrected chi connectivity index (χ2v) is 5.23. The molecule has 0 radical (unpaired) electrons. The van der Waals surface area contributed by atoms with Crippen LogP contribution in [0.2, 0.25) is 0 Å². The lowest BCUT2D eigenvalue weighted by molar-refractivity contribution is -0.121. The van der Waals surface area contributed by atoms with Crippen molar-refractivity contribution in [2.24, 2.45) is 0 Å². The first kappa shape index (κ1) is 15.3. The van der Waals surface area contributed by atoms with Crippen LogP contribution in [0.5, 0.6) is 0 Å². The van der Waals surface area contributed by atoms with Crippen LogP contribution in [0.25, 0.3) is 0 Å². The first-order valence-electron chi connectivity index (χ1n) is 7.15. The molecule has 21 heavy (non-hydrogen) atoms. The zero-order valence-electron chi connectivity index (χ0n) is 12.1. The molecule has 2 rings (SSSR count). The van der Waals surface area contributed by atoms with Gasteiger partial charge < -0.3 is 16.0 Å². The van der Waals surface area contributed by atoms with E-state index >= 15 is 0 Å². The van der Waals surface area contributed by atoms with E-state index in [2.05, 4.69) is 5.32 Å². The lowest BCUT2D eigenvalue weighted by atomic mass is 10.0. The number of hydrogen-bond acceptors (Lipinski definition) is 3. The fourth-order valence-electron chi connectivity index (χ4n) is 2.43. The van der Waals surface area contributed by atoms with Gasteiger partial charge in [0.05, 0.1) is 5.56 Å². The Balaban J connectivity index is 1.97. The van der Waals surface area contributed by atoms with Gasteiger partial charge in [-0.25, -0.2) is 4.39 Å². The van der Waals surface area contributed by atoms with Crippen LogP contribution in [0.15, 0.2) is 18.2 Å². The van der Waals surface area contributed by atoms with Gasteiger partial charge in [0.15, 0.2) is 0 Å². The number of rotatable bonds is 3. The zero-order valence-corrected chi connectivity index (χ0v) is 12.1. The molecule has 2 amide bonds. The van der Waals surface area contributed by atoms with E-state index < -0.39 is 5.82 Å². The summed E-state index contributed by atoms with van der Waals surface area (Å²) in [5.41, 5.74) is 5.97. The minimum atomic E-state index is -0.560. The summed E-state index contributed by atoms with van der Waals surface area (Å²) in [6.07, 6.45) is 1.82.